The van der Waals surface area contributed by atoms with Crippen LogP contribution in [0.15, 0.2) is 77.7 Å². The molecule has 0 aliphatic heterocycles. The molecule has 3 aromatic rings. The number of methoxy groups -OCH3 is 1. The molecule has 3 aromatic carbocycles. The number of ether oxygens (including phenoxy) is 1. The highest BCUT2D eigenvalue weighted by atomic mass is 35.5. The van der Waals surface area contributed by atoms with E-state index >= 15 is 0 Å². The molecule has 0 aliphatic rings. The van der Waals surface area contributed by atoms with E-state index in [0.29, 0.717) is 13.0 Å². The Balaban J connectivity index is 1.78. The highest BCUT2D eigenvalue weighted by molar-refractivity contribution is 7.92. The molecule has 0 saturated heterocycles. The second kappa shape index (κ2) is 10.3. The predicted octanol–water partition coefficient (Wildman–Crippen LogP) is 3.90. The molecule has 0 radical (unpaired) electrons. The predicted molar refractivity (Wildman–Crippen MR) is 123 cm³/mol. The molecule has 2 N–H and O–H groups in total. The Bertz CT molecular complexity index is 1230. The van der Waals surface area contributed by atoms with Crippen LogP contribution in [0.1, 0.15) is 26.3 Å². The number of amides is 1. The number of esters is 1. The van der Waals surface area contributed by atoms with Gasteiger partial charge >= 0.3 is 5.97 Å². The molecule has 3 rings (SSSR count). The summed E-state index contributed by atoms with van der Waals surface area (Å²) in [5.41, 5.74) is 1.28. The van der Waals surface area contributed by atoms with Gasteiger partial charge in [-0.05, 0) is 42.3 Å². The second-order valence-corrected chi connectivity index (χ2v) is 8.87. The van der Waals surface area contributed by atoms with Crippen molar-refractivity contribution in [3.8, 4) is 0 Å². The molecule has 0 unspecified atom stereocenters. The summed E-state index contributed by atoms with van der Waals surface area (Å²) in [6, 6.07) is 19.6. The third-order valence-electron chi connectivity index (χ3n) is 4.61. The Kier molecular flexibility index (Phi) is 7.50. The first-order valence-electron chi connectivity index (χ1n) is 9.63. The van der Waals surface area contributed by atoms with Gasteiger partial charge in [0.15, 0.2) is 0 Å². The first-order chi connectivity index (χ1) is 15.3. The van der Waals surface area contributed by atoms with Crippen molar-refractivity contribution in [2.45, 2.75) is 11.3 Å². The zero-order valence-corrected chi connectivity index (χ0v) is 18.7. The molecular formula is C23H21ClN2O5S. The average molecular weight is 473 g/mol. The summed E-state index contributed by atoms with van der Waals surface area (Å²) in [6.45, 7) is 0.392. The Hall–Kier alpha value is -3.36. The maximum Gasteiger partial charge on any atom is 0.339 e. The lowest BCUT2D eigenvalue weighted by molar-refractivity contribution is 0.0600. The van der Waals surface area contributed by atoms with E-state index in [4.69, 9.17) is 11.6 Å². The summed E-state index contributed by atoms with van der Waals surface area (Å²) in [5, 5.41) is 2.86. The zero-order chi connectivity index (χ0) is 23.1. The molecule has 166 valence electrons. The van der Waals surface area contributed by atoms with Gasteiger partial charge in [-0.15, -0.1) is 0 Å². The first-order valence-corrected chi connectivity index (χ1v) is 11.5. The van der Waals surface area contributed by atoms with E-state index in [1.165, 1.54) is 31.4 Å². The summed E-state index contributed by atoms with van der Waals surface area (Å²) in [4.78, 5) is 24.3. The van der Waals surface area contributed by atoms with Crippen LogP contribution in [0.25, 0.3) is 0 Å². The molecule has 0 fully saturated rings. The molecule has 9 heteroatoms. The Morgan fingerprint density at radius 2 is 1.62 bits per heavy atom. The van der Waals surface area contributed by atoms with Crippen LogP contribution >= 0.6 is 11.6 Å². The Morgan fingerprint density at radius 3 is 2.34 bits per heavy atom. The molecule has 0 aliphatic carbocycles. The van der Waals surface area contributed by atoms with Gasteiger partial charge in [0.05, 0.1) is 33.8 Å². The number of para-hydroxylation sites is 1. The van der Waals surface area contributed by atoms with Crippen LogP contribution in [0.5, 0.6) is 0 Å². The quantitative estimate of drug-likeness (QED) is 0.484. The fraction of sp³-hybridized carbons (Fsp3) is 0.130. The van der Waals surface area contributed by atoms with Gasteiger partial charge in [-0.25, -0.2) is 13.2 Å². The Morgan fingerprint density at radius 1 is 0.938 bits per heavy atom. The van der Waals surface area contributed by atoms with E-state index in [1.54, 1.807) is 12.1 Å². The topological polar surface area (TPSA) is 102 Å². The van der Waals surface area contributed by atoms with Crippen molar-refractivity contribution < 1.29 is 22.7 Å². The first kappa shape index (κ1) is 23.3. The van der Waals surface area contributed by atoms with Crippen molar-refractivity contribution in [3.05, 3.63) is 94.5 Å². The molecule has 0 aromatic heterocycles. The molecule has 0 atom stereocenters. The fourth-order valence-corrected chi connectivity index (χ4v) is 4.27. The smallest absolute Gasteiger partial charge is 0.339 e. The number of carbonyl (C=O) groups is 2. The van der Waals surface area contributed by atoms with Crippen molar-refractivity contribution in [2.75, 3.05) is 18.4 Å². The van der Waals surface area contributed by atoms with E-state index in [9.17, 15) is 18.0 Å². The Labute approximate surface area is 191 Å². The van der Waals surface area contributed by atoms with Crippen molar-refractivity contribution in [1.82, 2.24) is 5.32 Å². The van der Waals surface area contributed by atoms with Crippen molar-refractivity contribution >= 4 is 39.2 Å². The summed E-state index contributed by atoms with van der Waals surface area (Å²) in [5.74, 6) is -1.17. The molecule has 0 heterocycles. The number of hydrogen-bond acceptors (Lipinski definition) is 5. The summed E-state index contributed by atoms with van der Waals surface area (Å²) >= 11 is 5.97. The fourth-order valence-electron chi connectivity index (χ4n) is 2.97. The molecule has 32 heavy (non-hydrogen) atoms. The van der Waals surface area contributed by atoms with Crippen LogP contribution in [0.3, 0.4) is 0 Å². The lowest BCUT2D eigenvalue weighted by Crippen LogP contribution is -2.27. The van der Waals surface area contributed by atoms with Gasteiger partial charge in [0.25, 0.3) is 15.9 Å². The summed E-state index contributed by atoms with van der Waals surface area (Å²) in [7, 11) is -2.94. The van der Waals surface area contributed by atoms with Gasteiger partial charge in [-0.2, -0.15) is 0 Å². The highest BCUT2D eigenvalue weighted by Crippen LogP contribution is 2.24. The lowest BCUT2D eigenvalue weighted by atomic mass is 10.1. The van der Waals surface area contributed by atoms with Crippen molar-refractivity contribution in [2.24, 2.45) is 0 Å². The number of hydrogen-bond donors (Lipinski definition) is 2. The van der Waals surface area contributed by atoms with Gasteiger partial charge in [-0.3, -0.25) is 9.52 Å². The van der Waals surface area contributed by atoms with Crippen LogP contribution in [-0.4, -0.2) is 33.9 Å². The van der Waals surface area contributed by atoms with Crippen LogP contribution in [0, 0.1) is 0 Å². The number of halogens is 1. The van der Waals surface area contributed by atoms with Gasteiger partial charge in [0.2, 0.25) is 0 Å². The van der Waals surface area contributed by atoms with Gasteiger partial charge in [-0.1, -0.05) is 54.1 Å². The number of nitrogens with one attached hydrogen (secondary N) is 2. The summed E-state index contributed by atoms with van der Waals surface area (Å²) in [6.07, 6.45) is 0.640. The van der Waals surface area contributed by atoms with E-state index in [1.807, 2.05) is 30.3 Å². The third-order valence-corrected chi connectivity index (χ3v) is 6.30. The van der Waals surface area contributed by atoms with Crippen molar-refractivity contribution in [3.63, 3.8) is 0 Å². The normalized spacial score (nSPS) is 10.9. The minimum atomic E-state index is -4.11. The molecule has 1 amide bonds. The number of rotatable bonds is 8. The standard InChI is InChI=1S/C23H21ClN2O5S/c1-31-23(28)19-15-17(11-12-20(19)24)32(29,30)26-21-10-6-5-9-18(21)22(27)25-14-13-16-7-3-2-4-8-16/h2-12,15,26H,13-14H2,1H3,(H,25,27). The maximum atomic E-state index is 12.9. The number of benzene rings is 3. The van der Waals surface area contributed by atoms with Gasteiger partial charge in [0, 0.05) is 6.54 Å². The SMILES string of the molecule is COC(=O)c1cc(S(=O)(=O)Nc2ccccc2C(=O)NCCc2ccccc2)ccc1Cl. The van der Waals surface area contributed by atoms with E-state index in [-0.39, 0.29) is 26.7 Å². The van der Waals surface area contributed by atoms with Crippen LogP contribution in [0.2, 0.25) is 5.02 Å². The summed E-state index contributed by atoms with van der Waals surface area (Å²) < 4.78 is 32.9. The minimum Gasteiger partial charge on any atom is -0.465 e. The number of carbonyl (C=O) groups excluding carboxylic acids is 2. The van der Waals surface area contributed by atoms with Gasteiger partial charge in [0.1, 0.15) is 0 Å². The highest BCUT2D eigenvalue weighted by Gasteiger charge is 2.21. The zero-order valence-electron chi connectivity index (χ0n) is 17.2. The van der Waals surface area contributed by atoms with Gasteiger partial charge < -0.3 is 10.1 Å². The number of sulfonamides is 1. The number of anilines is 1. The van der Waals surface area contributed by atoms with Crippen LogP contribution in [0.4, 0.5) is 5.69 Å². The molecule has 7 nitrogen and oxygen atoms in total. The van der Waals surface area contributed by atoms with E-state index in [0.717, 1.165) is 11.6 Å². The molecule has 0 bridgehead atoms. The van der Waals surface area contributed by atoms with Crippen molar-refractivity contribution in [1.29, 1.82) is 0 Å². The average Bonchev–Trinajstić information content (AvgIpc) is 2.79. The monoisotopic (exact) mass is 472 g/mol. The van der Waals surface area contributed by atoms with Crippen LogP contribution in [-0.2, 0) is 21.2 Å². The lowest BCUT2D eigenvalue weighted by Gasteiger charge is -2.13. The second-order valence-electron chi connectivity index (χ2n) is 6.78. The van der Waals surface area contributed by atoms with E-state index < -0.39 is 21.9 Å². The minimum absolute atomic E-state index is 0.0639. The van der Waals surface area contributed by atoms with E-state index in [2.05, 4.69) is 14.8 Å². The molecule has 0 saturated carbocycles. The molecular weight excluding hydrogens is 452 g/mol. The largest absolute Gasteiger partial charge is 0.465 e. The maximum absolute atomic E-state index is 12.9. The molecule has 0 spiro atoms. The van der Waals surface area contributed by atoms with Crippen LogP contribution < -0.4 is 10.0 Å². The third kappa shape index (κ3) is 5.66.